The van der Waals surface area contributed by atoms with E-state index >= 15 is 0 Å². The molecule has 0 fully saturated rings. The van der Waals surface area contributed by atoms with E-state index in [1.54, 1.807) is 0 Å². The van der Waals surface area contributed by atoms with Gasteiger partial charge in [-0.05, 0) is 25.0 Å². The van der Waals surface area contributed by atoms with E-state index in [1.165, 1.54) is 35.2 Å². The summed E-state index contributed by atoms with van der Waals surface area (Å²) in [7, 11) is 0. The molecule has 0 aliphatic carbocycles. The molecule has 0 spiro atoms. The van der Waals surface area contributed by atoms with E-state index in [-0.39, 0.29) is 0 Å². The third kappa shape index (κ3) is 4.60. The molecule has 3 heteroatoms. The Labute approximate surface area is 124 Å². The maximum absolute atomic E-state index is 5.70. The molecule has 0 aliphatic rings. The molecule has 0 radical (unpaired) electrons. The Hall–Kier alpha value is -0.900. The fraction of sp³-hybridized carbons (Fsp3) is 0.250. The fourth-order valence-electron chi connectivity index (χ4n) is 1.70. The highest BCUT2D eigenvalue weighted by Crippen LogP contribution is 2.37. The average Bonchev–Trinajstić information content (AvgIpc) is 2.49. The van der Waals surface area contributed by atoms with Gasteiger partial charge in [0.05, 0.1) is 10.5 Å². The first-order valence-corrected chi connectivity index (χ1v) is 7.97. The number of hydrogen-bond acceptors (Lipinski definition) is 3. The van der Waals surface area contributed by atoms with Crippen molar-refractivity contribution in [1.82, 2.24) is 0 Å². The van der Waals surface area contributed by atoms with Crippen LogP contribution in [0.1, 0.15) is 35.5 Å². The summed E-state index contributed by atoms with van der Waals surface area (Å²) >= 11 is 3.03. The van der Waals surface area contributed by atoms with Crippen LogP contribution in [0.2, 0.25) is 0 Å². The summed E-state index contributed by atoms with van der Waals surface area (Å²) in [5.74, 6) is 0. The lowest BCUT2D eigenvalue weighted by Gasteiger charge is -2.13. The van der Waals surface area contributed by atoms with E-state index in [9.17, 15) is 0 Å². The Bertz CT molecular complexity index is 427. The zero-order chi connectivity index (χ0) is 13.5. The smallest absolute Gasteiger partial charge is 0.0544 e. The summed E-state index contributed by atoms with van der Waals surface area (Å²) in [5.41, 5.74) is 2.58. The van der Waals surface area contributed by atoms with Gasteiger partial charge in [-0.1, -0.05) is 60.7 Å². The second-order valence-corrected chi connectivity index (χ2v) is 6.71. The first-order chi connectivity index (χ1) is 9.27. The molecule has 1 nitrogen and oxygen atoms in total. The maximum atomic E-state index is 5.70. The Morgan fingerprint density at radius 2 is 1.05 bits per heavy atom. The molecule has 2 aromatic carbocycles. The first-order valence-electron chi connectivity index (χ1n) is 6.36. The molecule has 100 valence electrons. The fourth-order valence-corrected chi connectivity index (χ4v) is 3.36. The van der Waals surface area contributed by atoms with Crippen molar-refractivity contribution in [2.75, 3.05) is 0 Å². The second kappa shape index (κ2) is 7.63. The van der Waals surface area contributed by atoms with Crippen LogP contribution in [0.4, 0.5) is 0 Å². The summed E-state index contributed by atoms with van der Waals surface area (Å²) in [6.07, 6.45) is 0. The normalized spacial score (nSPS) is 14.0. The Morgan fingerprint density at radius 3 is 1.42 bits per heavy atom. The minimum Gasteiger partial charge on any atom is -0.246 e. The molecule has 0 aromatic heterocycles. The number of rotatable bonds is 6. The van der Waals surface area contributed by atoms with Crippen LogP contribution < -0.4 is 0 Å². The van der Waals surface area contributed by atoms with Gasteiger partial charge < -0.3 is 0 Å². The third-order valence-electron chi connectivity index (χ3n) is 2.91. The van der Waals surface area contributed by atoms with Crippen molar-refractivity contribution < 1.29 is 3.63 Å². The molecule has 2 rings (SSSR count). The highest BCUT2D eigenvalue weighted by Gasteiger charge is 2.10. The van der Waals surface area contributed by atoms with E-state index < -0.39 is 0 Å². The van der Waals surface area contributed by atoms with E-state index in [0.717, 1.165) is 0 Å². The largest absolute Gasteiger partial charge is 0.246 e. The van der Waals surface area contributed by atoms with Crippen LogP contribution in [-0.4, -0.2) is 0 Å². The molecular weight excluding hydrogens is 272 g/mol. The lowest BCUT2D eigenvalue weighted by molar-refractivity contribution is 0.732. The molecule has 2 unspecified atom stereocenters. The van der Waals surface area contributed by atoms with Gasteiger partial charge in [0.15, 0.2) is 0 Å². The van der Waals surface area contributed by atoms with Gasteiger partial charge in [-0.15, -0.1) is 0 Å². The van der Waals surface area contributed by atoms with Crippen molar-refractivity contribution in [3.63, 3.8) is 0 Å². The molecule has 0 aliphatic heterocycles. The minimum atomic E-state index is 0.344. The Balaban J connectivity index is 1.78. The Kier molecular flexibility index (Phi) is 5.83. The molecule has 0 heterocycles. The summed E-state index contributed by atoms with van der Waals surface area (Å²) in [5, 5.41) is 0.688. The van der Waals surface area contributed by atoms with E-state index in [0.29, 0.717) is 10.5 Å². The van der Waals surface area contributed by atoms with Gasteiger partial charge in [0, 0.05) is 24.1 Å². The van der Waals surface area contributed by atoms with Crippen molar-refractivity contribution in [3.8, 4) is 0 Å². The summed E-state index contributed by atoms with van der Waals surface area (Å²) in [4.78, 5) is 0. The van der Waals surface area contributed by atoms with E-state index in [4.69, 9.17) is 3.63 Å². The minimum absolute atomic E-state index is 0.344. The quantitative estimate of drug-likeness (QED) is 0.620. The maximum Gasteiger partial charge on any atom is 0.0544 e. The molecule has 0 amide bonds. The first kappa shape index (κ1) is 14.5. The third-order valence-corrected chi connectivity index (χ3v) is 4.66. The SMILES string of the molecule is CC(SOSC(C)c1ccccc1)c1ccccc1. The van der Waals surface area contributed by atoms with Gasteiger partial charge in [0.25, 0.3) is 0 Å². The van der Waals surface area contributed by atoms with Gasteiger partial charge in [-0.2, -0.15) is 0 Å². The summed E-state index contributed by atoms with van der Waals surface area (Å²) in [6.45, 7) is 4.32. The van der Waals surface area contributed by atoms with Crippen LogP contribution in [-0.2, 0) is 3.63 Å². The van der Waals surface area contributed by atoms with Crippen LogP contribution >= 0.6 is 24.1 Å². The predicted molar refractivity (Wildman–Crippen MR) is 86.0 cm³/mol. The highest BCUT2D eigenvalue weighted by atomic mass is 32.2. The molecule has 2 aromatic rings. The molecule has 0 saturated carbocycles. The van der Waals surface area contributed by atoms with Crippen LogP contribution in [0, 0.1) is 0 Å². The lowest BCUT2D eigenvalue weighted by Crippen LogP contribution is -1.90. The van der Waals surface area contributed by atoms with Crippen molar-refractivity contribution in [1.29, 1.82) is 0 Å². The van der Waals surface area contributed by atoms with Gasteiger partial charge in [0.2, 0.25) is 0 Å². The van der Waals surface area contributed by atoms with Gasteiger partial charge in [-0.25, -0.2) is 3.63 Å². The standard InChI is InChI=1S/C16H18OS2/c1-13(15-9-5-3-6-10-15)18-17-19-14(2)16-11-7-4-8-12-16/h3-14H,1-2H3. The zero-order valence-electron chi connectivity index (χ0n) is 11.2. The van der Waals surface area contributed by atoms with Crippen molar-refractivity contribution in [3.05, 3.63) is 71.8 Å². The highest BCUT2D eigenvalue weighted by molar-refractivity contribution is 8.08. The molecule has 0 bridgehead atoms. The molecular formula is C16H18OS2. The molecule has 0 saturated heterocycles. The topological polar surface area (TPSA) is 9.23 Å². The zero-order valence-corrected chi connectivity index (χ0v) is 12.8. The van der Waals surface area contributed by atoms with E-state index in [2.05, 4.69) is 62.4 Å². The summed E-state index contributed by atoms with van der Waals surface area (Å²) in [6, 6.07) is 20.8. The second-order valence-electron chi connectivity index (χ2n) is 4.37. The van der Waals surface area contributed by atoms with Crippen molar-refractivity contribution in [2.45, 2.75) is 24.3 Å². The van der Waals surface area contributed by atoms with Crippen LogP contribution in [0.5, 0.6) is 0 Å². The van der Waals surface area contributed by atoms with Gasteiger partial charge in [-0.3, -0.25) is 0 Å². The number of benzene rings is 2. The monoisotopic (exact) mass is 290 g/mol. The predicted octanol–water partition coefficient (Wildman–Crippen LogP) is 5.82. The average molecular weight is 290 g/mol. The molecule has 2 atom stereocenters. The summed E-state index contributed by atoms with van der Waals surface area (Å²) < 4.78 is 5.70. The van der Waals surface area contributed by atoms with Crippen LogP contribution in [0.3, 0.4) is 0 Å². The Morgan fingerprint density at radius 1 is 0.684 bits per heavy atom. The van der Waals surface area contributed by atoms with E-state index in [1.807, 2.05) is 12.1 Å². The van der Waals surface area contributed by atoms with Crippen LogP contribution in [0.25, 0.3) is 0 Å². The molecule has 19 heavy (non-hydrogen) atoms. The number of hydrogen-bond donors (Lipinski definition) is 0. The lowest BCUT2D eigenvalue weighted by atomic mass is 10.2. The van der Waals surface area contributed by atoms with Gasteiger partial charge >= 0.3 is 0 Å². The van der Waals surface area contributed by atoms with Crippen molar-refractivity contribution in [2.24, 2.45) is 0 Å². The molecule has 0 N–H and O–H groups in total. The van der Waals surface area contributed by atoms with Crippen molar-refractivity contribution >= 4 is 24.1 Å². The van der Waals surface area contributed by atoms with Crippen LogP contribution in [0.15, 0.2) is 60.7 Å². The van der Waals surface area contributed by atoms with Gasteiger partial charge in [0.1, 0.15) is 0 Å².